The van der Waals surface area contributed by atoms with E-state index in [4.69, 9.17) is 15.2 Å². The van der Waals surface area contributed by atoms with Gasteiger partial charge in [-0.15, -0.1) is 0 Å². The summed E-state index contributed by atoms with van der Waals surface area (Å²) in [5.41, 5.74) is 5.63. The molecule has 3 rings (SSSR count). The second-order valence-corrected chi connectivity index (χ2v) is 7.50. The van der Waals surface area contributed by atoms with Gasteiger partial charge >= 0.3 is 5.97 Å². The highest BCUT2D eigenvalue weighted by molar-refractivity contribution is 5.77. The Balaban J connectivity index is 1.67. The monoisotopic (exact) mass is 295 g/mol. The molecule has 0 aromatic rings. The SMILES string of the molecule is COC(=O)C(CN)(CC1CC1)CC1CCC2(CCCC2)O1. The fourth-order valence-electron chi connectivity index (χ4n) is 4.45. The van der Waals surface area contributed by atoms with Crippen molar-refractivity contribution < 1.29 is 14.3 Å². The van der Waals surface area contributed by atoms with E-state index in [9.17, 15) is 4.79 Å². The Kier molecular flexibility index (Phi) is 4.28. The van der Waals surface area contributed by atoms with Crippen LogP contribution in [0.3, 0.4) is 0 Å². The van der Waals surface area contributed by atoms with Gasteiger partial charge in [0.2, 0.25) is 0 Å². The van der Waals surface area contributed by atoms with Crippen molar-refractivity contribution in [1.29, 1.82) is 0 Å². The summed E-state index contributed by atoms with van der Waals surface area (Å²) in [6.45, 7) is 0.378. The average molecular weight is 295 g/mol. The van der Waals surface area contributed by atoms with E-state index in [2.05, 4.69) is 0 Å². The van der Waals surface area contributed by atoms with Crippen LogP contribution in [-0.4, -0.2) is 31.3 Å². The van der Waals surface area contributed by atoms with Crippen molar-refractivity contribution in [3.05, 3.63) is 0 Å². The van der Waals surface area contributed by atoms with E-state index in [1.165, 1.54) is 45.6 Å². The lowest BCUT2D eigenvalue weighted by molar-refractivity contribution is -0.156. The van der Waals surface area contributed by atoms with E-state index in [0.717, 1.165) is 25.7 Å². The molecule has 2 saturated carbocycles. The lowest BCUT2D eigenvalue weighted by Crippen LogP contribution is -2.43. The Morgan fingerprint density at radius 3 is 2.52 bits per heavy atom. The van der Waals surface area contributed by atoms with Crippen LogP contribution in [0.2, 0.25) is 0 Å². The Morgan fingerprint density at radius 1 is 1.24 bits per heavy atom. The highest BCUT2D eigenvalue weighted by Gasteiger charge is 2.49. The molecular formula is C17H29NO3. The summed E-state index contributed by atoms with van der Waals surface area (Å²) in [5, 5.41) is 0. The highest BCUT2D eigenvalue weighted by atomic mass is 16.5. The van der Waals surface area contributed by atoms with Gasteiger partial charge in [0.1, 0.15) is 0 Å². The van der Waals surface area contributed by atoms with Gasteiger partial charge in [-0.2, -0.15) is 0 Å². The zero-order valence-corrected chi connectivity index (χ0v) is 13.2. The number of methoxy groups -OCH3 is 1. The Bertz CT molecular complexity index is 387. The maximum Gasteiger partial charge on any atom is 0.313 e. The molecule has 4 nitrogen and oxygen atoms in total. The molecule has 0 aromatic heterocycles. The highest BCUT2D eigenvalue weighted by Crippen LogP contribution is 2.48. The third kappa shape index (κ3) is 3.11. The van der Waals surface area contributed by atoms with Crippen LogP contribution in [0.4, 0.5) is 0 Å². The summed E-state index contributed by atoms with van der Waals surface area (Å²) in [6.07, 6.45) is 11.5. The van der Waals surface area contributed by atoms with Crippen LogP contribution >= 0.6 is 0 Å². The van der Waals surface area contributed by atoms with Gasteiger partial charge < -0.3 is 15.2 Å². The Morgan fingerprint density at radius 2 is 1.95 bits per heavy atom. The van der Waals surface area contributed by atoms with Crippen LogP contribution in [0.1, 0.15) is 64.2 Å². The first-order chi connectivity index (χ1) is 10.1. The summed E-state index contributed by atoms with van der Waals surface area (Å²) >= 11 is 0. The van der Waals surface area contributed by atoms with E-state index < -0.39 is 5.41 Å². The van der Waals surface area contributed by atoms with Crippen molar-refractivity contribution in [3.63, 3.8) is 0 Å². The quantitative estimate of drug-likeness (QED) is 0.765. The van der Waals surface area contributed by atoms with Gasteiger partial charge in [0.05, 0.1) is 24.2 Å². The Hall–Kier alpha value is -0.610. The maximum absolute atomic E-state index is 12.4. The molecule has 0 amide bonds. The third-order valence-electron chi connectivity index (χ3n) is 5.86. The van der Waals surface area contributed by atoms with Crippen LogP contribution in [0.25, 0.3) is 0 Å². The number of rotatable bonds is 6. The molecular weight excluding hydrogens is 266 g/mol. The number of ether oxygens (including phenoxy) is 2. The van der Waals surface area contributed by atoms with E-state index in [0.29, 0.717) is 12.5 Å². The first-order valence-corrected chi connectivity index (χ1v) is 8.58. The van der Waals surface area contributed by atoms with E-state index in [-0.39, 0.29) is 17.7 Å². The van der Waals surface area contributed by atoms with Crippen molar-refractivity contribution >= 4 is 5.97 Å². The number of hydrogen-bond acceptors (Lipinski definition) is 4. The van der Waals surface area contributed by atoms with Crippen molar-refractivity contribution in [2.45, 2.75) is 75.9 Å². The molecule has 3 aliphatic rings. The minimum atomic E-state index is -0.523. The van der Waals surface area contributed by atoms with E-state index >= 15 is 0 Å². The fraction of sp³-hybridized carbons (Fsp3) is 0.941. The number of carbonyl (C=O) groups excluding carboxylic acids is 1. The first kappa shape index (κ1) is 15.3. The smallest absolute Gasteiger partial charge is 0.313 e. The lowest BCUT2D eigenvalue weighted by Gasteiger charge is -2.33. The predicted octanol–water partition coefficient (Wildman–Crippen LogP) is 2.79. The van der Waals surface area contributed by atoms with Crippen LogP contribution in [0.5, 0.6) is 0 Å². The molecule has 0 radical (unpaired) electrons. The average Bonchev–Trinajstić information content (AvgIpc) is 3.05. The number of esters is 1. The summed E-state index contributed by atoms with van der Waals surface area (Å²) in [4.78, 5) is 12.4. The van der Waals surface area contributed by atoms with Crippen molar-refractivity contribution in [2.75, 3.05) is 13.7 Å². The normalized spacial score (nSPS) is 30.5. The zero-order chi connectivity index (χ0) is 14.9. The van der Waals surface area contributed by atoms with Crippen molar-refractivity contribution in [1.82, 2.24) is 0 Å². The molecule has 120 valence electrons. The second-order valence-electron chi connectivity index (χ2n) is 7.50. The van der Waals surface area contributed by atoms with Crippen LogP contribution in [0, 0.1) is 11.3 Å². The fourth-order valence-corrected chi connectivity index (χ4v) is 4.45. The summed E-state index contributed by atoms with van der Waals surface area (Å²) in [5.74, 6) is 0.530. The van der Waals surface area contributed by atoms with Gasteiger partial charge in [-0.3, -0.25) is 4.79 Å². The molecule has 2 N–H and O–H groups in total. The maximum atomic E-state index is 12.4. The molecule has 21 heavy (non-hydrogen) atoms. The van der Waals surface area contributed by atoms with E-state index in [1.807, 2.05) is 0 Å². The van der Waals surface area contributed by atoms with Crippen LogP contribution < -0.4 is 5.73 Å². The largest absolute Gasteiger partial charge is 0.469 e. The lowest BCUT2D eigenvalue weighted by atomic mass is 9.77. The third-order valence-corrected chi connectivity index (χ3v) is 5.86. The standard InChI is InChI=1S/C17H29NO3/c1-20-15(19)16(12-18,10-13-4-5-13)11-14-6-9-17(21-14)7-2-3-8-17/h13-14H,2-12,18H2,1H3. The molecule has 2 aliphatic carbocycles. The predicted molar refractivity (Wildman–Crippen MR) is 80.8 cm³/mol. The minimum Gasteiger partial charge on any atom is -0.469 e. The Labute approximate surface area is 127 Å². The van der Waals surface area contributed by atoms with E-state index in [1.54, 1.807) is 0 Å². The van der Waals surface area contributed by atoms with Gasteiger partial charge in [-0.25, -0.2) is 0 Å². The number of carbonyl (C=O) groups is 1. The minimum absolute atomic E-state index is 0.126. The summed E-state index contributed by atoms with van der Waals surface area (Å²) < 4.78 is 11.5. The van der Waals surface area contributed by atoms with Gasteiger partial charge in [0, 0.05) is 6.54 Å². The summed E-state index contributed by atoms with van der Waals surface area (Å²) in [7, 11) is 1.48. The molecule has 1 heterocycles. The van der Waals surface area contributed by atoms with Crippen molar-refractivity contribution in [2.24, 2.45) is 17.1 Å². The molecule has 3 fully saturated rings. The molecule has 2 unspecified atom stereocenters. The summed E-state index contributed by atoms with van der Waals surface area (Å²) in [6, 6.07) is 0. The zero-order valence-electron chi connectivity index (χ0n) is 13.2. The van der Waals surface area contributed by atoms with Gasteiger partial charge in [-0.1, -0.05) is 25.7 Å². The van der Waals surface area contributed by atoms with Crippen LogP contribution in [-0.2, 0) is 14.3 Å². The molecule has 1 aliphatic heterocycles. The van der Waals surface area contributed by atoms with Crippen LogP contribution in [0.15, 0.2) is 0 Å². The molecule has 1 saturated heterocycles. The first-order valence-electron chi connectivity index (χ1n) is 8.58. The van der Waals surface area contributed by atoms with Gasteiger partial charge in [0.25, 0.3) is 0 Å². The molecule has 2 atom stereocenters. The molecule has 0 aromatic carbocycles. The topological polar surface area (TPSA) is 61.5 Å². The number of hydrogen-bond donors (Lipinski definition) is 1. The molecule has 0 bridgehead atoms. The second kappa shape index (κ2) is 5.88. The van der Waals surface area contributed by atoms with Crippen molar-refractivity contribution in [3.8, 4) is 0 Å². The molecule has 1 spiro atoms. The number of nitrogens with two attached hydrogens (primary N) is 1. The van der Waals surface area contributed by atoms with Gasteiger partial charge in [0.15, 0.2) is 0 Å². The van der Waals surface area contributed by atoms with Gasteiger partial charge in [-0.05, 0) is 44.4 Å². The molecule has 4 heteroatoms.